The molecule has 0 aliphatic rings. The number of carbonyl (C=O) groups excluding carboxylic acids is 1. The second-order valence-electron chi connectivity index (χ2n) is 6.66. The summed E-state index contributed by atoms with van der Waals surface area (Å²) in [6.45, 7) is 3.85. The molecule has 4 rings (SSSR count). The largest absolute Gasteiger partial charge is 0.461 e. The number of fused-ring (bicyclic) bond motifs is 1. The molecule has 0 spiro atoms. The van der Waals surface area contributed by atoms with Crippen LogP contribution in [0.2, 0.25) is 0 Å². The highest BCUT2D eigenvalue weighted by atomic mass is 16.5. The molecule has 0 radical (unpaired) electrons. The number of hydrogen-bond donors (Lipinski definition) is 1. The lowest BCUT2D eigenvalue weighted by Crippen LogP contribution is -2.13. The fraction of sp³-hybridized carbons (Fsp3) is 0.0870. The van der Waals surface area contributed by atoms with Crippen LogP contribution >= 0.6 is 0 Å². The molecule has 142 valence electrons. The van der Waals surface area contributed by atoms with Gasteiger partial charge in [-0.15, -0.1) is 0 Å². The van der Waals surface area contributed by atoms with Crippen molar-refractivity contribution in [3.63, 3.8) is 0 Å². The summed E-state index contributed by atoms with van der Waals surface area (Å²) in [7, 11) is 0. The van der Waals surface area contributed by atoms with Gasteiger partial charge >= 0.3 is 0 Å². The molecular weight excluding hydrogens is 366 g/mol. The van der Waals surface area contributed by atoms with E-state index < -0.39 is 0 Å². The van der Waals surface area contributed by atoms with Crippen molar-refractivity contribution in [3.8, 4) is 17.6 Å². The Balaban J connectivity index is 1.67. The molecule has 0 unspecified atom stereocenters. The number of anilines is 1. The summed E-state index contributed by atoms with van der Waals surface area (Å²) in [5.74, 6) is 1.92. The summed E-state index contributed by atoms with van der Waals surface area (Å²) < 4.78 is 11.8. The molecular formula is C23H17N3O3. The summed E-state index contributed by atoms with van der Waals surface area (Å²) in [5, 5.41) is 12.4. The smallest absolute Gasteiger partial charge is 0.257 e. The Morgan fingerprint density at radius 3 is 2.59 bits per heavy atom. The third-order valence-corrected chi connectivity index (χ3v) is 4.37. The maximum Gasteiger partial charge on any atom is 0.257 e. The van der Waals surface area contributed by atoms with E-state index in [0.29, 0.717) is 34.0 Å². The minimum absolute atomic E-state index is 0.353. The molecule has 6 heteroatoms. The van der Waals surface area contributed by atoms with Crippen LogP contribution in [0.25, 0.3) is 11.0 Å². The Morgan fingerprint density at radius 2 is 1.90 bits per heavy atom. The molecule has 0 aliphatic carbocycles. The second kappa shape index (κ2) is 7.49. The van der Waals surface area contributed by atoms with Crippen LogP contribution in [0.1, 0.15) is 27.2 Å². The summed E-state index contributed by atoms with van der Waals surface area (Å²) in [6.07, 6.45) is 1.40. The molecule has 0 aliphatic heterocycles. The Bertz CT molecular complexity index is 1230. The first-order valence-corrected chi connectivity index (χ1v) is 8.98. The first-order valence-electron chi connectivity index (χ1n) is 8.98. The summed E-state index contributed by atoms with van der Waals surface area (Å²) in [6, 6.07) is 18.1. The Labute approximate surface area is 167 Å². The molecule has 1 amide bonds. The van der Waals surface area contributed by atoms with Crippen LogP contribution in [-0.2, 0) is 0 Å². The first kappa shape index (κ1) is 18.3. The lowest BCUT2D eigenvalue weighted by atomic mass is 10.1. The highest BCUT2D eigenvalue weighted by Crippen LogP contribution is 2.34. The van der Waals surface area contributed by atoms with Gasteiger partial charge in [0.2, 0.25) is 0 Å². The van der Waals surface area contributed by atoms with Crippen molar-refractivity contribution in [2.45, 2.75) is 13.8 Å². The molecule has 0 atom stereocenters. The Hall–Kier alpha value is -4.11. The number of nitriles is 1. The van der Waals surface area contributed by atoms with Crippen LogP contribution in [-0.4, -0.2) is 10.9 Å². The fourth-order valence-corrected chi connectivity index (χ4v) is 2.91. The van der Waals surface area contributed by atoms with E-state index in [0.717, 1.165) is 16.7 Å². The van der Waals surface area contributed by atoms with E-state index in [-0.39, 0.29) is 5.91 Å². The van der Waals surface area contributed by atoms with E-state index in [1.165, 1.54) is 6.20 Å². The van der Waals surface area contributed by atoms with Crippen LogP contribution in [0.4, 0.5) is 5.82 Å². The molecule has 2 aromatic carbocycles. The van der Waals surface area contributed by atoms with Crippen molar-refractivity contribution in [1.82, 2.24) is 4.98 Å². The molecule has 2 aromatic heterocycles. The normalized spacial score (nSPS) is 10.5. The molecule has 0 saturated carbocycles. The number of amides is 1. The summed E-state index contributed by atoms with van der Waals surface area (Å²) in [5.41, 5.74) is 2.49. The average Bonchev–Trinajstić information content (AvgIpc) is 3.10. The SMILES string of the molecule is Cc1ccc(Oc2cc(C(=O)Nc3ccc(C#N)cn3)cc3oc(C)cc23)cc1. The van der Waals surface area contributed by atoms with Crippen molar-refractivity contribution in [3.05, 3.63) is 83.2 Å². The van der Waals surface area contributed by atoms with Crippen molar-refractivity contribution < 1.29 is 13.9 Å². The van der Waals surface area contributed by atoms with Crippen LogP contribution in [0.3, 0.4) is 0 Å². The third-order valence-electron chi connectivity index (χ3n) is 4.37. The van der Waals surface area contributed by atoms with Gasteiger partial charge in [0.05, 0.1) is 10.9 Å². The van der Waals surface area contributed by atoms with Crippen molar-refractivity contribution in [2.24, 2.45) is 0 Å². The van der Waals surface area contributed by atoms with Gasteiger partial charge in [0.15, 0.2) is 0 Å². The van der Waals surface area contributed by atoms with E-state index in [9.17, 15) is 4.79 Å². The number of nitrogens with zero attached hydrogens (tertiary/aromatic N) is 2. The monoisotopic (exact) mass is 383 g/mol. The maximum atomic E-state index is 12.8. The number of aryl methyl sites for hydroxylation is 2. The molecule has 2 heterocycles. The first-order chi connectivity index (χ1) is 14.0. The number of nitrogens with one attached hydrogen (secondary N) is 1. The lowest BCUT2D eigenvalue weighted by molar-refractivity contribution is 0.102. The average molecular weight is 383 g/mol. The van der Waals surface area contributed by atoms with Crippen LogP contribution in [0.15, 0.2) is 65.2 Å². The van der Waals surface area contributed by atoms with Gasteiger partial charge in [0, 0.05) is 11.8 Å². The molecule has 4 aromatic rings. The molecule has 6 nitrogen and oxygen atoms in total. The number of rotatable bonds is 4. The highest BCUT2D eigenvalue weighted by Gasteiger charge is 2.15. The number of pyridine rings is 1. The molecule has 0 fully saturated rings. The summed E-state index contributed by atoms with van der Waals surface area (Å²) in [4.78, 5) is 16.8. The number of ether oxygens (including phenoxy) is 1. The molecule has 1 N–H and O–H groups in total. The number of hydrogen-bond acceptors (Lipinski definition) is 5. The predicted molar refractivity (Wildman–Crippen MR) is 109 cm³/mol. The predicted octanol–water partition coefficient (Wildman–Crippen LogP) is 5.36. The van der Waals surface area contributed by atoms with Gasteiger partial charge in [-0.2, -0.15) is 5.26 Å². The van der Waals surface area contributed by atoms with E-state index >= 15 is 0 Å². The lowest BCUT2D eigenvalue weighted by Gasteiger charge is -2.10. The van der Waals surface area contributed by atoms with Crippen LogP contribution in [0, 0.1) is 25.2 Å². The van der Waals surface area contributed by atoms with Crippen molar-refractivity contribution in [2.75, 3.05) is 5.32 Å². The Kier molecular flexibility index (Phi) is 4.71. The molecule has 29 heavy (non-hydrogen) atoms. The van der Waals surface area contributed by atoms with Crippen molar-refractivity contribution >= 4 is 22.7 Å². The van der Waals surface area contributed by atoms with Crippen LogP contribution in [0.5, 0.6) is 11.5 Å². The maximum absolute atomic E-state index is 12.8. The Morgan fingerprint density at radius 1 is 1.10 bits per heavy atom. The van der Waals surface area contributed by atoms with Gasteiger partial charge in [0.25, 0.3) is 5.91 Å². The van der Waals surface area contributed by atoms with Gasteiger partial charge in [-0.3, -0.25) is 4.79 Å². The topological polar surface area (TPSA) is 88.1 Å². The molecule has 0 bridgehead atoms. The second-order valence-corrected chi connectivity index (χ2v) is 6.66. The quantitative estimate of drug-likeness (QED) is 0.512. The minimum atomic E-state index is -0.355. The van der Waals surface area contributed by atoms with E-state index in [1.807, 2.05) is 50.2 Å². The van der Waals surface area contributed by atoms with E-state index in [2.05, 4.69) is 10.3 Å². The zero-order chi connectivity index (χ0) is 20.4. The zero-order valence-corrected chi connectivity index (χ0v) is 15.9. The fourth-order valence-electron chi connectivity index (χ4n) is 2.91. The van der Waals surface area contributed by atoms with Gasteiger partial charge in [0.1, 0.15) is 34.7 Å². The number of carbonyl (C=O) groups is 1. The highest BCUT2D eigenvalue weighted by molar-refractivity contribution is 6.06. The molecule has 0 saturated heterocycles. The standard InChI is InChI=1S/C23H17N3O3/c1-14-3-6-18(7-4-14)29-21-11-17(10-20-19(21)9-15(2)28-20)23(27)26-22-8-5-16(12-24)13-25-22/h3-11,13H,1-2H3,(H,25,26,27). The minimum Gasteiger partial charge on any atom is -0.461 e. The van der Waals surface area contributed by atoms with Gasteiger partial charge in [-0.25, -0.2) is 4.98 Å². The van der Waals surface area contributed by atoms with Gasteiger partial charge in [-0.1, -0.05) is 17.7 Å². The number of benzene rings is 2. The zero-order valence-electron chi connectivity index (χ0n) is 15.9. The van der Waals surface area contributed by atoms with Crippen molar-refractivity contribution in [1.29, 1.82) is 5.26 Å². The van der Waals surface area contributed by atoms with Gasteiger partial charge in [-0.05, 0) is 56.3 Å². The van der Waals surface area contributed by atoms with E-state index in [4.69, 9.17) is 14.4 Å². The van der Waals surface area contributed by atoms with Gasteiger partial charge < -0.3 is 14.5 Å². The van der Waals surface area contributed by atoms with Crippen LogP contribution < -0.4 is 10.1 Å². The third kappa shape index (κ3) is 3.94. The summed E-state index contributed by atoms with van der Waals surface area (Å²) >= 11 is 0. The number of aromatic nitrogens is 1. The van der Waals surface area contributed by atoms with E-state index in [1.54, 1.807) is 24.3 Å². The number of furan rings is 1.